The molecular weight excluding hydrogens is 222 g/mol. The highest BCUT2D eigenvalue weighted by Gasteiger charge is 2.21. The minimum atomic E-state index is -1.01. The van der Waals surface area contributed by atoms with Crippen LogP contribution in [-0.4, -0.2) is 35.0 Å². The largest absolute Gasteiger partial charge is 0.480 e. The molecule has 0 unspecified atom stereocenters. The number of hydrogen-bond donors (Lipinski definition) is 1. The predicted molar refractivity (Wildman–Crippen MR) is 62.0 cm³/mol. The Kier molecular flexibility index (Phi) is 4.31. The zero-order valence-electron chi connectivity index (χ0n) is 10.3. The van der Waals surface area contributed by atoms with Crippen LogP contribution in [0.3, 0.4) is 0 Å². The highest BCUT2D eigenvalue weighted by atomic mass is 16.4. The number of carboxylic acids is 1. The van der Waals surface area contributed by atoms with E-state index >= 15 is 0 Å². The number of amides is 1. The van der Waals surface area contributed by atoms with Gasteiger partial charge < -0.3 is 14.4 Å². The molecule has 5 heteroatoms. The fraction of sp³-hybridized carbons (Fsp3) is 0.500. The van der Waals surface area contributed by atoms with Gasteiger partial charge in [0, 0.05) is 6.54 Å². The molecule has 0 aliphatic carbocycles. The van der Waals surface area contributed by atoms with Crippen LogP contribution in [0.25, 0.3) is 0 Å². The first-order chi connectivity index (χ1) is 7.95. The Labute approximate surface area is 100 Å². The van der Waals surface area contributed by atoms with Crippen LogP contribution < -0.4 is 0 Å². The van der Waals surface area contributed by atoms with E-state index in [4.69, 9.17) is 9.52 Å². The zero-order chi connectivity index (χ0) is 13.0. The van der Waals surface area contributed by atoms with Gasteiger partial charge in [-0.2, -0.15) is 0 Å². The Hall–Kier alpha value is -1.78. The lowest BCUT2D eigenvalue weighted by Gasteiger charge is -2.19. The Balaban J connectivity index is 2.91. The van der Waals surface area contributed by atoms with E-state index in [-0.39, 0.29) is 12.5 Å². The van der Waals surface area contributed by atoms with E-state index in [0.717, 1.165) is 6.42 Å². The van der Waals surface area contributed by atoms with Gasteiger partial charge in [0.05, 0.1) is 5.56 Å². The summed E-state index contributed by atoms with van der Waals surface area (Å²) in [5, 5.41) is 8.76. The van der Waals surface area contributed by atoms with E-state index in [1.807, 2.05) is 6.92 Å². The van der Waals surface area contributed by atoms with Crippen LogP contribution in [0.2, 0.25) is 0 Å². The quantitative estimate of drug-likeness (QED) is 0.851. The third-order valence-corrected chi connectivity index (χ3v) is 2.38. The lowest BCUT2D eigenvalue weighted by molar-refractivity contribution is -0.137. The minimum absolute atomic E-state index is 0.281. The van der Waals surface area contributed by atoms with E-state index in [0.29, 0.717) is 23.6 Å². The summed E-state index contributed by atoms with van der Waals surface area (Å²) in [6, 6.07) is 1.64. The van der Waals surface area contributed by atoms with E-state index in [1.165, 1.54) is 4.90 Å². The van der Waals surface area contributed by atoms with Gasteiger partial charge in [-0.1, -0.05) is 6.92 Å². The molecule has 0 aliphatic rings. The van der Waals surface area contributed by atoms with Gasteiger partial charge in [0.15, 0.2) is 0 Å². The average molecular weight is 239 g/mol. The number of aryl methyl sites for hydroxylation is 2. The molecule has 0 bridgehead atoms. The Bertz CT molecular complexity index is 422. The van der Waals surface area contributed by atoms with E-state index in [9.17, 15) is 9.59 Å². The number of carboxylic acid groups (broad SMARTS) is 1. The molecule has 94 valence electrons. The summed E-state index contributed by atoms with van der Waals surface area (Å²) in [6.45, 7) is 5.50. The summed E-state index contributed by atoms with van der Waals surface area (Å²) in [6.07, 6.45) is 0.717. The first-order valence-electron chi connectivity index (χ1n) is 5.53. The van der Waals surface area contributed by atoms with Gasteiger partial charge in [0.25, 0.3) is 5.91 Å². The molecule has 0 radical (unpaired) electrons. The Morgan fingerprint density at radius 1 is 1.41 bits per heavy atom. The molecule has 1 aromatic rings. The van der Waals surface area contributed by atoms with Crippen molar-refractivity contribution >= 4 is 11.9 Å². The van der Waals surface area contributed by atoms with Crippen molar-refractivity contribution in [3.8, 4) is 0 Å². The number of aliphatic carboxylic acids is 1. The summed E-state index contributed by atoms with van der Waals surface area (Å²) in [5.74, 6) is -0.120. The Morgan fingerprint density at radius 2 is 2.06 bits per heavy atom. The smallest absolute Gasteiger partial charge is 0.323 e. The van der Waals surface area contributed by atoms with Gasteiger partial charge in [0.2, 0.25) is 0 Å². The van der Waals surface area contributed by atoms with Crippen LogP contribution in [0.15, 0.2) is 10.5 Å². The van der Waals surface area contributed by atoms with Gasteiger partial charge in [-0.15, -0.1) is 0 Å². The molecule has 1 heterocycles. The normalized spacial score (nSPS) is 10.3. The van der Waals surface area contributed by atoms with Crippen molar-refractivity contribution in [2.45, 2.75) is 27.2 Å². The van der Waals surface area contributed by atoms with Crippen molar-refractivity contribution < 1.29 is 19.1 Å². The number of carbonyl (C=O) groups is 2. The molecule has 1 N–H and O–H groups in total. The average Bonchev–Trinajstić information content (AvgIpc) is 2.55. The fourth-order valence-corrected chi connectivity index (χ4v) is 1.70. The van der Waals surface area contributed by atoms with Gasteiger partial charge in [-0.3, -0.25) is 9.59 Å². The standard InChI is InChI=1S/C12H17NO4/c1-4-5-13(7-11(14)15)12(16)10-6-8(2)17-9(10)3/h6H,4-5,7H2,1-3H3,(H,14,15). The topological polar surface area (TPSA) is 70.8 Å². The molecule has 1 rings (SSSR count). The lowest BCUT2D eigenvalue weighted by atomic mass is 10.2. The highest BCUT2D eigenvalue weighted by Crippen LogP contribution is 2.16. The van der Waals surface area contributed by atoms with Crippen LogP contribution in [0.1, 0.15) is 35.2 Å². The molecule has 0 atom stereocenters. The van der Waals surface area contributed by atoms with Crippen LogP contribution in [0.4, 0.5) is 0 Å². The van der Waals surface area contributed by atoms with Crippen LogP contribution >= 0.6 is 0 Å². The molecule has 5 nitrogen and oxygen atoms in total. The summed E-state index contributed by atoms with van der Waals surface area (Å²) < 4.78 is 5.27. The number of hydrogen-bond acceptors (Lipinski definition) is 3. The van der Waals surface area contributed by atoms with E-state index in [1.54, 1.807) is 19.9 Å². The van der Waals surface area contributed by atoms with E-state index in [2.05, 4.69) is 0 Å². The molecule has 0 saturated carbocycles. The zero-order valence-corrected chi connectivity index (χ0v) is 10.3. The maximum Gasteiger partial charge on any atom is 0.323 e. The van der Waals surface area contributed by atoms with Gasteiger partial charge >= 0.3 is 5.97 Å². The summed E-state index contributed by atoms with van der Waals surface area (Å²) in [5.41, 5.74) is 0.442. The first-order valence-corrected chi connectivity index (χ1v) is 5.53. The highest BCUT2D eigenvalue weighted by molar-refractivity contribution is 5.96. The predicted octanol–water partition coefficient (Wildman–Crippen LogP) is 1.83. The number of furan rings is 1. The monoisotopic (exact) mass is 239 g/mol. The maximum absolute atomic E-state index is 12.1. The van der Waals surface area contributed by atoms with Crippen molar-refractivity contribution in [1.82, 2.24) is 4.90 Å². The van der Waals surface area contributed by atoms with Gasteiger partial charge in [-0.05, 0) is 26.3 Å². The molecule has 17 heavy (non-hydrogen) atoms. The van der Waals surface area contributed by atoms with Crippen molar-refractivity contribution in [2.24, 2.45) is 0 Å². The SMILES string of the molecule is CCCN(CC(=O)O)C(=O)c1cc(C)oc1C. The van der Waals surface area contributed by atoms with Crippen LogP contribution in [0, 0.1) is 13.8 Å². The third-order valence-electron chi connectivity index (χ3n) is 2.38. The number of nitrogens with zero attached hydrogens (tertiary/aromatic N) is 1. The second-order valence-electron chi connectivity index (χ2n) is 3.95. The lowest BCUT2D eigenvalue weighted by Crippen LogP contribution is -2.36. The molecular formula is C12H17NO4. The molecule has 1 amide bonds. The Morgan fingerprint density at radius 3 is 2.47 bits per heavy atom. The van der Waals surface area contributed by atoms with Crippen LogP contribution in [0.5, 0.6) is 0 Å². The summed E-state index contributed by atoms with van der Waals surface area (Å²) >= 11 is 0. The summed E-state index contributed by atoms with van der Waals surface area (Å²) in [7, 11) is 0. The number of carbonyl (C=O) groups excluding carboxylic acids is 1. The van der Waals surface area contributed by atoms with Crippen molar-refractivity contribution in [2.75, 3.05) is 13.1 Å². The van der Waals surface area contributed by atoms with Crippen molar-refractivity contribution in [1.29, 1.82) is 0 Å². The molecule has 1 aromatic heterocycles. The molecule has 0 aliphatic heterocycles. The number of rotatable bonds is 5. The van der Waals surface area contributed by atoms with Crippen LogP contribution in [-0.2, 0) is 4.79 Å². The molecule has 0 fully saturated rings. The molecule has 0 spiro atoms. The first kappa shape index (κ1) is 13.3. The maximum atomic E-state index is 12.1. The second kappa shape index (κ2) is 5.52. The second-order valence-corrected chi connectivity index (χ2v) is 3.95. The summed E-state index contributed by atoms with van der Waals surface area (Å²) in [4.78, 5) is 24.1. The molecule has 0 aromatic carbocycles. The van der Waals surface area contributed by atoms with Crippen molar-refractivity contribution in [3.05, 3.63) is 23.2 Å². The van der Waals surface area contributed by atoms with E-state index < -0.39 is 5.97 Å². The minimum Gasteiger partial charge on any atom is -0.480 e. The molecule has 0 saturated heterocycles. The van der Waals surface area contributed by atoms with Gasteiger partial charge in [0.1, 0.15) is 18.1 Å². The fourth-order valence-electron chi connectivity index (χ4n) is 1.70. The van der Waals surface area contributed by atoms with Gasteiger partial charge in [-0.25, -0.2) is 0 Å². The third kappa shape index (κ3) is 3.34. The van der Waals surface area contributed by atoms with Crippen molar-refractivity contribution in [3.63, 3.8) is 0 Å².